The summed E-state index contributed by atoms with van der Waals surface area (Å²) in [7, 11) is -1.40. The first kappa shape index (κ1) is 15.9. The highest BCUT2D eigenvalue weighted by Crippen LogP contribution is 2.29. The van der Waals surface area contributed by atoms with E-state index in [2.05, 4.69) is 0 Å². The number of benzene rings is 2. The van der Waals surface area contributed by atoms with Gasteiger partial charge < -0.3 is 5.73 Å². The molecular weight excluding hydrogens is 323 g/mol. The molecule has 0 bridgehead atoms. The molecule has 0 heterocycles. The summed E-state index contributed by atoms with van der Waals surface area (Å²) in [6.45, 7) is 0. The van der Waals surface area contributed by atoms with E-state index in [9.17, 15) is 17.4 Å². The van der Waals surface area contributed by atoms with Crippen LogP contribution in [0.2, 0.25) is 5.02 Å². The van der Waals surface area contributed by atoms with Crippen LogP contribution in [0.4, 0.5) is 18.9 Å². The maximum atomic E-state index is 12.4. The van der Waals surface area contributed by atoms with Crippen molar-refractivity contribution in [3.8, 4) is 0 Å². The molecular formula is C14H11ClF3NOS. The molecule has 2 rings (SSSR count). The van der Waals surface area contributed by atoms with Crippen LogP contribution in [0.5, 0.6) is 0 Å². The van der Waals surface area contributed by atoms with Crippen LogP contribution in [-0.4, -0.2) is 4.21 Å². The molecule has 0 spiro atoms. The molecule has 2 aromatic rings. The topological polar surface area (TPSA) is 43.1 Å². The van der Waals surface area contributed by atoms with Crippen LogP contribution in [0.1, 0.15) is 11.1 Å². The van der Waals surface area contributed by atoms with E-state index in [1.807, 2.05) is 0 Å². The van der Waals surface area contributed by atoms with Crippen molar-refractivity contribution in [2.24, 2.45) is 0 Å². The Morgan fingerprint density at radius 1 is 1.10 bits per heavy atom. The molecule has 2 aromatic carbocycles. The second-order valence-corrected chi connectivity index (χ2v) is 6.23. The number of halogens is 4. The maximum absolute atomic E-state index is 12.4. The maximum Gasteiger partial charge on any atom is 0.416 e. The molecule has 0 saturated carbocycles. The number of nitrogens with two attached hydrogens (primary N) is 1. The van der Waals surface area contributed by atoms with E-state index < -0.39 is 22.5 Å². The van der Waals surface area contributed by atoms with Crippen molar-refractivity contribution in [1.82, 2.24) is 0 Å². The third-order valence-electron chi connectivity index (χ3n) is 2.81. The summed E-state index contributed by atoms with van der Waals surface area (Å²) in [5.74, 6) is 0.110. The van der Waals surface area contributed by atoms with Crippen molar-refractivity contribution in [3.63, 3.8) is 0 Å². The van der Waals surface area contributed by atoms with E-state index in [4.69, 9.17) is 17.3 Å². The van der Waals surface area contributed by atoms with Gasteiger partial charge in [0.25, 0.3) is 0 Å². The minimum absolute atomic E-state index is 0.110. The monoisotopic (exact) mass is 333 g/mol. The fourth-order valence-electron chi connectivity index (χ4n) is 1.67. The van der Waals surface area contributed by atoms with Crippen LogP contribution < -0.4 is 5.73 Å². The SMILES string of the molecule is Nc1ccc(S(=O)Cc2ccc(C(F)(F)F)cc2)cc1Cl. The summed E-state index contributed by atoms with van der Waals surface area (Å²) >= 11 is 5.85. The molecule has 1 atom stereocenters. The highest BCUT2D eigenvalue weighted by atomic mass is 35.5. The van der Waals surface area contributed by atoms with Crippen LogP contribution in [-0.2, 0) is 22.7 Å². The lowest BCUT2D eigenvalue weighted by Crippen LogP contribution is -2.05. The average Bonchev–Trinajstić information content (AvgIpc) is 2.41. The van der Waals surface area contributed by atoms with Gasteiger partial charge in [-0.15, -0.1) is 0 Å². The quantitative estimate of drug-likeness (QED) is 0.853. The second-order valence-electron chi connectivity index (χ2n) is 4.37. The van der Waals surface area contributed by atoms with Crippen molar-refractivity contribution in [2.75, 3.05) is 5.73 Å². The van der Waals surface area contributed by atoms with Gasteiger partial charge in [0, 0.05) is 4.90 Å². The van der Waals surface area contributed by atoms with E-state index in [1.165, 1.54) is 18.2 Å². The van der Waals surface area contributed by atoms with Gasteiger partial charge in [-0.1, -0.05) is 23.7 Å². The molecule has 2 nitrogen and oxygen atoms in total. The third kappa shape index (κ3) is 3.98. The van der Waals surface area contributed by atoms with E-state index in [1.54, 1.807) is 12.1 Å². The molecule has 21 heavy (non-hydrogen) atoms. The molecule has 0 radical (unpaired) electrons. The summed E-state index contributed by atoms with van der Waals surface area (Å²) < 4.78 is 49.5. The molecule has 2 N–H and O–H groups in total. The predicted molar refractivity (Wildman–Crippen MR) is 77.4 cm³/mol. The van der Waals surface area contributed by atoms with Crippen molar-refractivity contribution in [2.45, 2.75) is 16.8 Å². The molecule has 0 saturated heterocycles. The fourth-order valence-corrected chi connectivity index (χ4v) is 3.05. The molecule has 0 aliphatic rings. The van der Waals surface area contributed by atoms with Gasteiger partial charge in [-0.3, -0.25) is 4.21 Å². The first-order valence-electron chi connectivity index (χ1n) is 5.87. The van der Waals surface area contributed by atoms with Gasteiger partial charge >= 0.3 is 6.18 Å². The molecule has 0 amide bonds. The van der Waals surface area contributed by atoms with E-state index in [-0.39, 0.29) is 5.75 Å². The Balaban J connectivity index is 2.14. The predicted octanol–water partition coefficient (Wildman–Crippen LogP) is 4.25. The Hall–Kier alpha value is -1.53. The Morgan fingerprint density at radius 3 is 2.24 bits per heavy atom. The first-order chi connectivity index (χ1) is 9.77. The lowest BCUT2D eigenvalue weighted by atomic mass is 10.1. The van der Waals surface area contributed by atoms with Gasteiger partial charge in [-0.25, -0.2) is 0 Å². The zero-order valence-corrected chi connectivity index (χ0v) is 12.2. The highest BCUT2D eigenvalue weighted by molar-refractivity contribution is 7.84. The van der Waals surface area contributed by atoms with Gasteiger partial charge in [0.1, 0.15) is 0 Å². The molecule has 112 valence electrons. The van der Waals surface area contributed by atoms with Gasteiger partial charge in [0.05, 0.1) is 32.8 Å². The van der Waals surface area contributed by atoms with Gasteiger partial charge in [0.15, 0.2) is 0 Å². The van der Waals surface area contributed by atoms with Crippen LogP contribution in [0.3, 0.4) is 0 Å². The van der Waals surface area contributed by atoms with Crippen LogP contribution >= 0.6 is 11.6 Å². The Kier molecular flexibility index (Phi) is 4.58. The standard InChI is InChI=1S/C14H11ClF3NOS/c15-12-7-11(5-6-13(12)19)21(20)8-9-1-3-10(4-2-9)14(16,17)18/h1-7H,8,19H2. The molecule has 0 aliphatic carbocycles. The number of anilines is 1. The Labute approximate surface area is 127 Å². The third-order valence-corrected chi connectivity index (χ3v) is 4.52. The molecule has 0 aromatic heterocycles. The van der Waals surface area contributed by atoms with Crippen molar-refractivity contribution in [1.29, 1.82) is 0 Å². The summed E-state index contributed by atoms with van der Waals surface area (Å²) in [4.78, 5) is 0.481. The average molecular weight is 334 g/mol. The van der Waals surface area contributed by atoms with E-state index >= 15 is 0 Å². The first-order valence-corrected chi connectivity index (χ1v) is 7.56. The summed E-state index contributed by atoms with van der Waals surface area (Å²) in [6, 6.07) is 9.21. The van der Waals surface area contributed by atoms with Crippen molar-refractivity contribution >= 4 is 28.1 Å². The number of rotatable bonds is 3. The summed E-state index contributed by atoms with van der Waals surface area (Å²) in [5.41, 5.74) is 5.76. The van der Waals surface area contributed by atoms with Crippen molar-refractivity contribution < 1.29 is 17.4 Å². The van der Waals surface area contributed by atoms with Crippen LogP contribution in [0, 0.1) is 0 Å². The molecule has 0 aliphatic heterocycles. The number of nitrogen functional groups attached to an aromatic ring is 1. The highest BCUT2D eigenvalue weighted by Gasteiger charge is 2.29. The van der Waals surface area contributed by atoms with Gasteiger partial charge in [0.2, 0.25) is 0 Å². The number of alkyl halides is 3. The minimum atomic E-state index is -4.37. The normalized spacial score (nSPS) is 13.1. The molecule has 7 heteroatoms. The lowest BCUT2D eigenvalue weighted by molar-refractivity contribution is -0.137. The van der Waals surface area contributed by atoms with Crippen LogP contribution in [0.25, 0.3) is 0 Å². The second kappa shape index (κ2) is 6.07. The van der Waals surface area contributed by atoms with Crippen molar-refractivity contribution in [3.05, 3.63) is 58.6 Å². The summed E-state index contributed by atoms with van der Waals surface area (Å²) in [6.07, 6.45) is -4.37. The van der Waals surface area contributed by atoms with E-state index in [0.717, 1.165) is 12.1 Å². The molecule has 0 fully saturated rings. The zero-order chi connectivity index (χ0) is 15.6. The van der Waals surface area contributed by atoms with E-state index in [0.29, 0.717) is 21.2 Å². The molecule has 1 unspecified atom stereocenters. The largest absolute Gasteiger partial charge is 0.416 e. The number of hydrogen-bond acceptors (Lipinski definition) is 2. The summed E-state index contributed by atoms with van der Waals surface area (Å²) in [5, 5.41) is 0.299. The Bertz CT molecular complexity index is 671. The number of hydrogen-bond donors (Lipinski definition) is 1. The van der Waals surface area contributed by atoms with Crippen LogP contribution in [0.15, 0.2) is 47.4 Å². The fraction of sp³-hybridized carbons (Fsp3) is 0.143. The Morgan fingerprint density at radius 2 is 1.71 bits per heavy atom. The zero-order valence-electron chi connectivity index (χ0n) is 10.7. The van der Waals surface area contributed by atoms with Gasteiger partial charge in [-0.2, -0.15) is 13.2 Å². The van der Waals surface area contributed by atoms with Gasteiger partial charge in [-0.05, 0) is 35.9 Å². The lowest BCUT2D eigenvalue weighted by Gasteiger charge is -2.08. The minimum Gasteiger partial charge on any atom is -0.398 e. The smallest absolute Gasteiger partial charge is 0.398 e.